The zero-order chi connectivity index (χ0) is 23.2. The molecule has 2 aromatic carbocycles. The maximum absolute atomic E-state index is 13.1. The summed E-state index contributed by atoms with van der Waals surface area (Å²) in [4.78, 5) is 17.4. The van der Waals surface area contributed by atoms with Gasteiger partial charge in [0.1, 0.15) is 23.9 Å². The van der Waals surface area contributed by atoms with E-state index in [4.69, 9.17) is 14.2 Å². The van der Waals surface area contributed by atoms with Crippen molar-refractivity contribution in [2.45, 2.75) is 13.5 Å². The molecule has 0 unspecified atom stereocenters. The van der Waals surface area contributed by atoms with E-state index in [1.54, 1.807) is 20.4 Å². The summed E-state index contributed by atoms with van der Waals surface area (Å²) in [6.07, 6.45) is 1.56. The second kappa shape index (κ2) is 10.1. The van der Waals surface area contributed by atoms with Crippen LogP contribution in [-0.2, 0) is 6.61 Å². The summed E-state index contributed by atoms with van der Waals surface area (Å²) >= 11 is 1.25. The Morgan fingerprint density at radius 3 is 2.48 bits per heavy atom. The Labute approximate surface area is 195 Å². The lowest BCUT2D eigenvalue weighted by atomic mass is 9.99. The first-order chi connectivity index (χ1) is 16.1. The number of methoxy groups -OCH3 is 2. The lowest BCUT2D eigenvalue weighted by molar-refractivity contribution is 0.102. The van der Waals surface area contributed by atoms with E-state index in [-0.39, 0.29) is 12.5 Å². The van der Waals surface area contributed by atoms with Gasteiger partial charge >= 0.3 is 0 Å². The van der Waals surface area contributed by atoms with Crippen LogP contribution in [-0.4, -0.2) is 35.3 Å². The summed E-state index contributed by atoms with van der Waals surface area (Å²) in [5, 5.41) is 12.0. The molecule has 0 fully saturated rings. The van der Waals surface area contributed by atoms with Gasteiger partial charge in [-0.1, -0.05) is 29.5 Å². The molecular formula is C24H22N4O4S. The quantitative estimate of drug-likeness (QED) is 0.403. The molecule has 0 spiro atoms. The van der Waals surface area contributed by atoms with E-state index in [1.165, 1.54) is 11.3 Å². The van der Waals surface area contributed by atoms with Gasteiger partial charge in [0.05, 0.1) is 19.8 Å². The first-order valence-electron chi connectivity index (χ1n) is 10.1. The van der Waals surface area contributed by atoms with E-state index in [2.05, 4.69) is 20.5 Å². The molecule has 0 saturated carbocycles. The molecule has 4 aromatic rings. The molecular weight excluding hydrogens is 440 g/mol. The van der Waals surface area contributed by atoms with Crippen LogP contribution in [0.25, 0.3) is 11.1 Å². The highest BCUT2D eigenvalue weighted by atomic mass is 32.1. The van der Waals surface area contributed by atoms with Gasteiger partial charge in [0.2, 0.25) is 5.13 Å². The molecule has 33 heavy (non-hydrogen) atoms. The third-order valence-corrected chi connectivity index (χ3v) is 5.60. The SMILES string of the molecule is COc1ccc(OCc2nnc(NC(=O)c3cnc(C)cc3-c3ccccc3OC)s2)cc1. The van der Waals surface area contributed by atoms with Gasteiger partial charge in [-0.25, -0.2) is 0 Å². The molecule has 1 N–H and O–H groups in total. The number of carbonyl (C=O) groups excluding carboxylic acids is 1. The number of benzene rings is 2. The fourth-order valence-electron chi connectivity index (χ4n) is 3.17. The summed E-state index contributed by atoms with van der Waals surface area (Å²) in [6, 6.07) is 16.7. The van der Waals surface area contributed by atoms with Gasteiger partial charge in [0.25, 0.3) is 5.91 Å². The number of nitrogens with zero attached hydrogens (tertiary/aromatic N) is 3. The molecule has 2 heterocycles. The molecule has 0 aliphatic rings. The Kier molecular flexibility index (Phi) is 6.80. The number of hydrogen-bond acceptors (Lipinski definition) is 8. The van der Waals surface area contributed by atoms with Gasteiger partial charge in [-0.2, -0.15) is 0 Å². The standard InChI is InChI=1S/C24H22N4O4S/c1-15-12-19(18-6-4-5-7-21(18)31-3)20(13-25-15)23(29)26-24-28-27-22(33-24)14-32-17-10-8-16(30-2)9-11-17/h4-13H,14H2,1-3H3,(H,26,28,29). The Bertz CT molecular complexity index is 1260. The Morgan fingerprint density at radius 1 is 0.970 bits per heavy atom. The van der Waals surface area contributed by atoms with Crippen LogP contribution in [0.2, 0.25) is 0 Å². The summed E-state index contributed by atoms with van der Waals surface area (Å²) in [5.74, 6) is 1.78. The van der Waals surface area contributed by atoms with Crippen LogP contribution in [0, 0.1) is 6.92 Å². The number of anilines is 1. The predicted molar refractivity (Wildman–Crippen MR) is 126 cm³/mol. The van der Waals surface area contributed by atoms with Crippen molar-refractivity contribution in [3.05, 3.63) is 77.1 Å². The lowest BCUT2D eigenvalue weighted by Crippen LogP contribution is -2.14. The van der Waals surface area contributed by atoms with Crippen molar-refractivity contribution in [1.82, 2.24) is 15.2 Å². The minimum Gasteiger partial charge on any atom is -0.497 e. The molecule has 0 aliphatic carbocycles. The Hall–Kier alpha value is -3.98. The first-order valence-corrected chi connectivity index (χ1v) is 10.9. The highest BCUT2D eigenvalue weighted by Crippen LogP contribution is 2.33. The van der Waals surface area contributed by atoms with Crippen LogP contribution >= 0.6 is 11.3 Å². The van der Waals surface area contributed by atoms with Crippen molar-refractivity contribution >= 4 is 22.4 Å². The summed E-state index contributed by atoms with van der Waals surface area (Å²) in [6.45, 7) is 2.11. The number of hydrogen-bond donors (Lipinski definition) is 1. The minimum atomic E-state index is -0.331. The largest absolute Gasteiger partial charge is 0.497 e. The van der Waals surface area contributed by atoms with E-state index in [1.807, 2.05) is 61.5 Å². The summed E-state index contributed by atoms with van der Waals surface area (Å²) in [7, 11) is 3.21. The fourth-order valence-corrected chi connectivity index (χ4v) is 3.82. The number of carbonyl (C=O) groups is 1. The summed E-state index contributed by atoms with van der Waals surface area (Å²) < 4.78 is 16.3. The lowest BCUT2D eigenvalue weighted by Gasteiger charge is -2.13. The minimum absolute atomic E-state index is 0.235. The third-order valence-electron chi connectivity index (χ3n) is 4.79. The van der Waals surface area contributed by atoms with Crippen LogP contribution in [0.3, 0.4) is 0 Å². The average molecular weight is 463 g/mol. The van der Waals surface area contributed by atoms with Crippen molar-refractivity contribution in [3.63, 3.8) is 0 Å². The zero-order valence-electron chi connectivity index (χ0n) is 18.4. The van der Waals surface area contributed by atoms with E-state index >= 15 is 0 Å². The number of nitrogens with one attached hydrogen (secondary N) is 1. The number of aromatic nitrogens is 3. The van der Waals surface area contributed by atoms with Crippen LogP contribution in [0.15, 0.2) is 60.8 Å². The van der Waals surface area contributed by atoms with Crippen molar-refractivity contribution in [3.8, 4) is 28.4 Å². The monoisotopic (exact) mass is 462 g/mol. The van der Waals surface area contributed by atoms with E-state index in [9.17, 15) is 4.79 Å². The van der Waals surface area contributed by atoms with Gasteiger partial charge in [0.15, 0.2) is 5.01 Å². The van der Waals surface area contributed by atoms with E-state index < -0.39 is 0 Å². The predicted octanol–water partition coefficient (Wildman–Crippen LogP) is 4.76. The number of amides is 1. The topological polar surface area (TPSA) is 95.5 Å². The molecule has 2 aromatic heterocycles. The van der Waals surface area contributed by atoms with Crippen LogP contribution in [0.4, 0.5) is 5.13 Å². The number of para-hydroxylation sites is 1. The smallest absolute Gasteiger partial charge is 0.259 e. The number of pyridine rings is 1. The maximum Gasteiger partial charge on any atom is 0.259 e. The van der Waals surface area contributed by atoms with Crippen molar-refractivity contribution in [1.29, 1.82) is 0 Å². The van der Waals surface area contributed by atoms with Crippen molar-refractivity contribution < 1.29 is 19.0 Å². The van der Waals surface area contributed by atoms with Crippen molar-refractivity contribution in [2.75, 3.05) is 19.5 Å². The van der Waals surface area contributed by atoms with Gasteiger partial charge in [0, 0.05) is 23.0 Å². The van der Waals surface area contributed by atoms with Crippen LogP contribution in [0.1, 0.15) is 21.1 Å². The molecule has 0 aliphatic heterocycles. The van der Waals surface area contributed by atoms with Gasteiger partial charge in [-0.05, 0) is 43.3 Å². The molecule has 4 rings (SSSR count). The van der Waals surface area contributed by atoms with Gasteiger partial charge in [-0.3, -0.25) is 15.1 Å². The Morgan fingerprint density at radius 2 is 1.73 bits per heavy atom. The number of aryl methyl sites for hydroxylation is 1. The van der Waals surface area contributed by atoms with Crippen molar-refractivity contribution in [2.24, 2.45) is 0 Å². The molecule has 0 saturated heterocycles. The second-order valence-corrected chi connectivity index (χ2v) is 8.05. The van der Waals surface area contributed by atoms with E-state index in [0.717, 1.165) is 22.6 Å². The average Bonchev–Trinajstić information content (AvgIpc) is 3.30. The highest BCUT2D eigenvalue weighted by Gasteiger charge is 2.18. The fraction of sp³-hybridized carbons (Fsp3) is 0.167. The van der Waals surface area contributed by atoms with Crippen LogP contribution < -0.4 is 19.5 Å². The molecule has 1 amide bonds. The van der Waals surface area contributed by atoms with Gasteiger partial charge < -0.3 is 14.2 Å². The van der Waals surface area contributed by atoms with Crippen LogP contribution in [0.5, 0.6) is 17.2 Å². The zero-order valence-corrected chi connectivity index (χ0v) is 19.2. The normalized spacial score (nSPS) is 10.5. The maximum atomic E-state index is 13.1. The van der Waals surface area contributed by atoms with E-state index in [0.29, 0.717) is 27.2 Å². The second-order valence-electron chi connectivity index (χ2n) is 6.99. The Balaban J connectivity index is 1.48. The number of rotatable bonds is 8. The molecule has 9 heteroatoms. The molecule has 0 radical (unpaired) electrons. The first kappa shape index (κ1) is 22.2. The third kappa shape index (κ3) is 5.27. The highest BCUT2D eigenvalue weighted by molar-refractivity contribution is 7.15. The molecule has 0 bridgehead atoms. The molecule has 0 atom stereocenters. The molecule has 8 nitrogen and oxygen atoms in total. The molecule has 168 valence electrons. The number of ether oxygens (including phenoxy) is 3. The summed E-state index contributed by atoms with van der Waals surface area (Å²) in [5.41, 5.74) is 2.74. The van der Waals surface area contributed by atoms with Gasteiger partial charge in [-0.15, -0.1) is 10.2 Å².